The summed E-state index contributed by atoms with van der Waals surface area (Å²) >= 11 is 3.12. The Hall–Kier alpha value is -1.08. The molecule has 0 aliphatic carbocycles. The fourth-order valence-electron chi connectivity index (χ4n) is 2.47. The summed E-state index contributed by atoms with van der Waals surface area (Å²) in [5.74, 6) is -0.416. The molecule has 0 aliphatic rings. The van der Waals surface area contributed by atoms with Gasteiger partial charge in [-0.1, -0.05) is 20.8 Å². The standard InChI is InChI=1S/C15H20BrFN2/c1-14(2,3)9-15(4,5)19-11-7-6-10(8-18)12(16)13(11)17/h6-7,19H,9H2,1-5H3. The van der Waals surface area contributed by atoms with Gasteiger partial charge in [0, 0.05) is 5.54 Å². The highest BCUT2D eigenvalue weighted by Crippen LogP contribution is 2.33. The van der Waals surface area contributed by atoms with Crippen LogP contribution >= 0.6 is 15.9 Å². The Morgan fingerprint density at radius 1 is 1.26 bits per heavy atom. The molecule has 0 aliphatic heterocycles. The summed E-state index contributed by atoms with van der Waals surface area (Å²) in [6.45, 7) is 10.6. The molecule has 1 aromatic carbocycles. The first-order valence-corrected chi connectivity index (χ1v) is 7.01. The van der Waals surface area contributed by atoms with Gasteiger partial charge in [-0.25, -0.2) is 4.39 Å². The molecule has 0 fully saturated rings. The van der Waals surface area contributed by atoms with Gasteiger partial charge in [-0.15, -0.1) is 0 Å². The zero-order chi connectivity index (χ0) is 14.8. The van der Waals surface area contributed by atoms with Crippen LogP contribution in [0.4, 0.5) is 10.1 Å². The van der Waals surface area contributed by atoms with Crippen LogP contribution in [0.2, 0.25) is 0 Å². The van der Waals surface area contributed by atoms with Gasteiger partial charge < -0.3 is 5.32 Å². The summed E-state index contributed by atoms with van der Waals surface area (Å²) in [6.07, 6.45) is 0.900. The van der Waals surface area contributed by atoms with E-state index in [4.69, 9.17) is 5.26 Å². The molecule has 0 aromatic heterocycles. The highest BCUT2D eigenvalue weighted by molar-refractivity contribution is 9.10. The van der Waals surface area contributed by atoms with Gasteiger partial charge in [0.15, 0.2) is 5.82 Å². The van der Waals surface area contributed by atoms with Crippen LogP contribution in [0, 0.1) is 22.6 Å². The van der Waals surface area contributed by atoms with E-state index in [2.05, 4.69) is 42.0 Å². The summed E-state index contributed by atoms with van der Waals surface area (Å²) in [5, 5.41) is 12.1. The van der Waals surface area contributed by atoms with E-state index in [1.807, 2.05) is 19.9 Å². The lowest BCUT2D eigenvalue weighted by molar-refractivity contribution is 0.302. The second-order valence-corrected chi connectivity index (χ2v) is 7.44. The molecule has 1 aromatic rings. The highest BCUT2D eigenvalue weighted by atomic mass is 79.9. The normalized spacial score (nSPS) is 12.1. The Morgan fingerprint density at radius 3 is 2.32 bits per heavy atom. The van der Waals surface area contributed by atoms with Crippen LogP contribution in [0.15, 0.2) is 16.6 Å². The fraction of sp³-hybridized carbons (Fsp3) is 0.533. The SMILES string of the molecule is CC(C)(C)CC(C)(C)Nc1ccc(C#N)c(Br)c1F. The molecular weight excluding hydrogens is 307 g/mol. The molecule has 0 unspecified atom stereocenters. The smallest absolute Gasteiger partial charge is 0.161 e. The number of anilines is 1. The van der Waals surface area contributed by atoms with Crippen molar-refractivity contribution in [1.82, 2.24) is 0 Å². The summed E-state index contributed by atoms with van der Waals surface area (Å²) in [4.78, 5) is 0. The third kappa shape index (κ3) is 4.50. The van der Waals surface area contributed by atoms with Crippen molar-refractivity contribution in [3.8, 4) is 6.07 Å². The van der Waals surface area contributed by atoms with E-state index >= 15 is 0 Å². The van der Waals surface area contributed by atoms with Crippen LogP contribution in [0.3, 0.4) is 0 Å². The monoisotopic (exact) mass is 326 g/mol. The average Bonchev–Trinajstić information content (AvgIpc) is 2.21. The average molecular weight is 327 g/mol. The molecule has 1 rings (SSSR count). The van der Waals surface area contributed by atoms with E-state index in [0.717, 1.165) is 6.42 Å². The topological polar surface area (TPSA) is 35.8 Å². The number of nitrogens with zero attached hydrogens (tertiary/aromatic N) is 1. The molecule has 0 spiro atoms. The lowest BCUT2D eigenvalue weighted by atomic mass is 9.81. The van der Waals surface area contributed by atoms with Crippen LogP contribution < -0.4 is 5.32 Å². The van der Waals surface area contributed by atoms with E-state index < -0.39 is 5.82 Å². The van der Waals surface area contributed by atoms with Crippen molar-refractivity contribution >= 4 is 21.6 Å². The molecule has 0 bridgehead atoms. The summed E-state index contributed by atoms with van der Waals surface area (Å²) in [7, 11) is 0. The van der Waals surface area contributed by atoms with E-state index in [1.54, 1.807) is 12.1 Å². The Kier molecular flexibility index (Phi) is 4.63. The zero-order valence-corrected chi connectivity index (χ0v) is 13.7. The summed E-state index contributed by atoms with van der Waals surface area (Å²) < 4.78 is 14.4. The van der Waals surface area contributed by atoms with Gasteiger partial charge in [-0.2, -0.15) is 5.26 Å². The van der Waals surface area contributed by atoms with Crippen molar-refractivity contribution in [2.75, 3.05) is 5.32 Å². The van der Waals surface area contributed by atoms with Crippen LogP contribution in [-0.4, -0.2) is 5.54 Å². The number of nitrogens with one attached hydrogen (secondary N) is 1. The van der Waals surface area contributed by atoms with E-state index in [-0.39, 0.29) is 15.4 Å². The van der Waals surface area contributed by atoms with E-state index in [0.29, 0.717) is 11.3 Å². The Balaban J connectivity index is 3.01. The van der Waals surface area contributed by atoms with Crippen LogP contribution in [0.25, 0.3) is 0 Å². The van der Waals surface area contributed by atoms with Gasteiger partial charge in [0.2, 0.25) is 0 Å². The second-order valence-electron chi connectivity index (χ2n) is 6.65. The van der Waals surface area contributed by atoms with Crippen molar-refractivity contribution < 1.29 is 4.39 Å². The first-order valence-electron chi connectivity index (χ1n) is 6.22. The van der Waals surface area contributed by atoms with Gasteiger partial charge in [-0.05, 0) is 53.7 Å². The molecule has 19 heavy (non-hydrogen) atoms. The molecule has 104 valence electrons. The Bertz CT molecular complexity index is 510. The molecule has 0 radical (unpaired) electrons. The molecular formula is C15H20BrFN2. The Labute approximate surface area is 123 Å². The van der Waals surface area contributed by atoms with Crippen molar-refractivity contribution in [3.05, 3.63) is 28.0 Å². The van der Waals surface area contributed by atoms with Crippen LogP contribution in [-0.2, 0) is 0 Å². The third-order valence-electron chi connectivity index (χ3n) is 2.65. The maximum atomic E-state index is 14.2. The van der Waals surface area contributed by atoms with Crippen molar-refractivity contribution in [2.45, 2.75) is 46.6 Å². The maximum absolute atomic E-state index is 14.2. The van der Waals surface area contributed by atoms with Gasteiger partial charge >= 0.3 is 0 Å². The molecule has 0 amide bonds. The van der Waals surface area contributed by atoms with Crippen molar-refractivity contribution in [3.63, 3.8) is 0 Å². The highest BCUT2D eigenvalue weighted by Gasteiger charge is 2.26. The molecule has 0 atom stereocenters. The minimum atomic E-state index is -0.416. The third-order valence-corrected chi connectivity index (χ3v) is 3.42. The number of benzene rings is 1. The molecule has 4 heteroatoms. The lowest BCUT2D eigenvalue weighted by Gasteiger charge is -2.34. The minimum Gasteiger partial charge on any atom is -0.378 e. The second kappa shape index (κ2) is 5.50. The number of halogens is 2. The Morgan fingerprint density at radius 2 is 1.84 bits per heavy atom. The van der Waals surface area contributed by atoms with Gasteiger partial charge in [0.25, 0.3) is 0 Å². The molecule has 0 heterocycles. The maximum Gasteiger partial charge on any atom is 0.161 e. The molecule has 0 saturated heterocycles. The van der Waals surface area contributed by atoms with Gasteiger partial charge in [0.1, 0.15) is 6.07 Å². The van der Waals surface area contributed by atoms with Crippen molar-refractivity contribution in [2.24, 2.45) is 5.41 Å². The van der Waals surface area contributed by atoms with Crippen LogP contribution in [0.5, 0.6) is 0 Å². The number of hydrogen-bond acceptors (Lipinski definition) is 2. The summed E-state index contributed by atoms with van der Waals surface area (Å²) in [5.41, 5.74) is 0.639. The van der Waals surface area contributed by atoms with Crippen molar-refractivity contribution in [1.29, 1.82) is 5.26 Å². The number of hydrogen-bond donors (Lipinski definition) is 1. The van der Waals surface area contributed by atoms with E-state index in [9.17, 15) is 4.39 Å². The molecule has 0 saturated carbocycles. The minimum absolute atomic E-state index is 0.150. The molecule has 2 nitrogen and oxygen atoms in total. The van der Waals surface area contributed by atoms with Crippen LogP contribution in [0.1, 0.15) is 46.6 Å². The lowest BCUT2D eigenvalue weighted by Crippen LogP contribution is -2.35. The number of nitriles is 1. The zero-order valence-electron chi connectivity index (χ0n) is 12.1. The summed E-state index contributed by atoms with van der Waals surface area (Å²) in [6, 6.07) is 5.18. The van der Waals surface area contributed by atoms with E-state index in [1.165, 1.54) is 0 Å². The largest absolute Gasteiger partial charge is 0.378 e. The fourth-order valence-corrected chi connectivity index (χ4v) is 2.90. The number of rotatable bonds is 3. The van der Waals surface area contributed by atoms with Gasteiger partial charge in [-0.3, -0.25) is 0 Å². The predicted octanol–water partition coefficient (Wildman–Crippen LogP) is 5.09. The first kappa shape index (κ1) is 16.0. The molecule has 1 N–H and O–H groups in total. The van der Waals surface area contributed by atoms with Gasteiger partial charge in [0.05, 0.1) is 15.7 Å². The first-order chi connectivity index (χ1) is 8.56. The predicted molar refractivity (Wildman–Crippen MR) is 80.6 cm³/mol. The quantitative estimate of drug-likeness (QED) is 0.840.